The van der Waals surface area contributed by atoms with E-state index in [4.69, 9.17) is 4.52 Å². The van der Waals surface area contributed by atoms with E-state index in [1.807, 2.05) is 37.4 Å². The fraction of sp³-hybridized carbons (Fsp3) is 0.267. The molecule has 3 rings (SSSR count). The first-order chi connectivity index (χ1) is 10.1. The number of carbonyl (C=O) groups excluding carboxylic acids is 1. The maximum atomic E-state index is 12.1. The van der Waals surface area contributed by atoms with E-state index in [0.717, 1.165) is 16.5 Å². The van der Waals surface area contributed by atoms with Crippen LogP contribution in [0.5, 0.6) is 0 Å². The number of hydrogen-bond donors (Lipinski definition) is 2. The molecule has 21 heavy (non-hydrogen) atoms. The Labute approximate surface area is 121 Å². The molecule has 0 bridgehead atoms. The fourth-order valence-electron chi connectivity index (χ4n) is 2.29. The number of H-pyrrole nitrogens is 1. The van der Waals surface area contributed by atoms with E-state index >= 15 is 0 Å². The van der Waals surface area contributed by atoms with E-state index in [1.54, 1.807) is 6.92 Å². The van der Waals surface area contributed by atoms with E-state index < -0.39 is 0 Å². The van der Waals surface area contributed by atoms with Gasteiger partial charge in [-0.2, -0.15) is 4.98 Å². The number of hydrogen-bond acceptors (Lipinski definition) is 4. The molecule has 0 fully saturated rings. The summed E-state index contributed by atoms with van der Waals surface area (Å²) in [5.74, 6) is 0.894. The molecule has 0 spiro atoms. The molecule has 1 amide bonds. The Morgan fingerprint density at radius 1 is 1.43 bits per heavy atom. The van der Waals surface area contributed by atoms with Crippen LogP contribution in [0, 0.1) is 6.92 Å². The number of aromatic amines is 1. The largest absolute Gasteiger partial charge is 0.361 e. The predicted octanol–water partition coefficient (Wildman–Crippen LogP) is 2.28. The van der Waals surface area contributed by atoms with Crippen LogP contribution in [0.2, 0.25) is 0 Å². The summed E-state index contributed by atoms with van der Waals surface area (Å²) >= 11 is 0. The highest BCUT2D eigenvalue weighted by Crippen LogP contribution is 2.18. The van der Waals surface area contributed by atoms with Gasteiger partial charge in [-0.3, -0.25) is 4.79 Å². The second-order valence-electron chi connectivity index (χ2n) is 5.01. The number of benzene rings is 1. The summed E-state index contributed by atoms with van der Waals surface area (Å²) in [6, 6.07) is 7.60. The van der Waals surface area contributed by atoms with Crippen LogP contribution in [0.25, 0.3) is 10.9 Å². The van der Waals surface area contributed by atoms with E-state index in [-0.39, 0.29) is 11.9 Å². The SMILES string of the molecule is Cc1noc([C@H](C)NC(=O)Cc2c[nH]c3ccccc23)n1. The highest BCUT2D eigenvalue weighted by molar-refractivity contribution is 5.88. The molecule has 2 aromatic heterocycles. The number of fused-ring (bicyclic) bond motifs is 1. The van der Waals surface area contributed by atoms with Gasteiger partial charge in [-0.05, 0) is 25.5 Å². The Hall–Kier alpha value is -2.63. The van der Waals surface area contributed by atoms with E-state index in [1.165, 1.54) is 0 Å². The van der Waals surface area contributed by atoms with Crippen molar-refractivity contribution in [1.82, 2.24) is 20.4 Å². The van der Waals surface area contributed by atoms with Crippen molar-refractivity contribution in [2.24, 2.45) is 0 Å². The van der Waals surface area contributed by atoms with Crippen molar-refractivity contribution >= 4 is 16.8 Å². The van der Waals surface area contributed by atoms with Gasteiger partial charge in [0.2, 0.25) is 11.8 Å². The average molecular weight is 284 g/mol. The fourth-order valence-corrected chi connectivity index (χ4v) is 2.29. The maximum Gasteiger partial charge on any atom is 0.248 e. The molecule has 0 aliphatic rings. The Kier molecular flexibility index (Phi) is 3.43. The van der Waals surface area contributed by atoms with Gasteiger partial charge in [-0.15, -0.1) is 0 Å². The van der Waals surface area contributed by atoms with Gasteiger partial charge in [0.05, 0.1) is 6.42 Å². The predicted molar refractivity (Wildman–Crippen MR) is 77.6 cm³/mol. The number of amides is 1. The third-order valence-electron chi connectivity index (χ3n) is 3.32. The molecule has 0 saturated carbocycles. The van der Waals surface area contributed by atoms with Crippen LogP contribution in [-0.4, -0.2) is 21.0 Å². The van der Waals surface area contributed by atoms with Gasteiger partial charge >= 0.3 is 0 Å². The standard InChI is InChI=1S/C15H16N4O2/c1-9(15-18-10(2)19-21-15)17-14(20)7-11-8-16-13-6-4-3-5-12(11)13/h3-6,8-9,16H,7H2,1-2H3,(H,17,20)/t9-/m0/s1. The number of aromatic nitrogens is 3. The zero-order valence-corrected chi connectivity index (χ0v) is 11.9. The van der Waals surface area contributed by atoms with Crippen LogP contribution in [-0.2, 0) is 11.2 Å². The lowest BCUT2D eigenvalue weighted by Gasteiger charge is -2.09. The third-order valence-corrected chi connectivity index (χ3v) is 3.32. The number of nitrogens with zero attached hydrogens (tertiary/aromatic N) is 2. The Balaban J connectivity index is 1.69. The lowest BCUT2D eigenvalue weighted by atomic mass is 10.1. The van der Waals surface area contributed by atoms with Gasteiger partial charge in [-0.1, -0.05) is 23.4 Å². The summed E-state index contributed by atoms with van der Waals surface area (Å²) in [5.41, 5.74) is 2.00. The van der Waals surface area contributed by atoms with Crippen molar-refractivity contribution in [3.63, 3.8) is 0 Å². The smallest absolute Gasteiger partial charge is 0.248 e. The minimum absolute atomic E-state index is 0.0805. The molecule has 0 radical (unpaired) electrons. The molecule has 6 heteroatoms. The monoisotopic (exact) mass is 284 g/mol. The van der Waals surface area contributed by atoms with Crippen molar-refractivity contribution in [1.29, 1.82) is 0 Å². The quantitative estimate of drug-likeness (QED) is 0.769. The van der Waals surface area contributed by atoms with Crippen molar-refractivity contribution < 1.29 is 9.32 Å². The van der Waals surface area contributed by atoms with E-state index in [2.05, 4.69) is 20.4 Å². The van der Waals surface area contributed by atoms with Crippen molar-refractivity contribution in [3.8, 4) is 0 Å². The number of carbonyl (C=O) groups is 1. The molecule has 0 unspecified atom stereocenters. The molecule has 6 nitrogen and oxygen atoms in total. The molecular weight excluding hydrogens is 268 g/mol. The summed E-state index contributed by atoms with van der Waals surface area (Å²) in [4.78, 5) is 19.4. The summed E-state index contributed by atoms with van der Waals surface area (Å²) < 4.78 is 5.05. The zero-order chi connectivity index (χ0) is 14.8. The molecule has 3 aromatic rings. The highest BCUT2D eigenvalue weighted by atomic mass is 16.5. The summed E-state index contributed by atoms with van der Waals surface area (Å²) in [6.07, 6.45) is 2.17. The first-order valence-electron chi connectivity index (χ1n) is 6.78. The van der Waals surface area contributed by atoms with Gasteiger partial charge in [0.1, 0.15) is 6.04 Å². The second-order valence-corrected chi connectivity index (χ2v) is 5.01. The lowest BCUT2D eigenvalue weighted by molar-refractivity contribution is -0.121. The zero-order valence-electron chi connectivity index (χ0n) is 11.9. The van der Waals surface area contributed by atoms with Crippen LogP contribution >= 0.6 is 0 Å². The van der Waals surface area contributed by atoms with Gasteiger partial charge in [0.25, 0.3) is 0 Å². The minimum Gasteiger partial charge on any atom is -0.361 e. The summed E-state index contributed by atoms with van der Waals surface area (Å²) in [6.45, 7) is 3.56. The first kappa shape index (κ1) is 13.4. The Bertz CT molecular complexity index is 775. The molecular formula is C15H16N4O2. The third kappa shape index (κ3) is 2.79. The molecule has 2 N–H and O–H groups in total. The molecule has 1 aromatic carbocycles. The van der Waals surface area contributed by atoms with Crippen molar-refractivity contribution in [2.75, 3.05) is 0 Å². The maximum absolute atomic E-state index is 12.1. The van der Waals surface area contributed by atoms with Crippen LogP contribution in [0.3, 0.4) is 0 Å². The van der Waals surface area contributed by atoms with Crippen LogP contribution in [0.15, 0.2) is 35.0 Å². The highest BCUT2D eigenvalue weighted by Gasteiger charge is 2.16. The average Bonchev–Trinajstić information content (AvgIpc) is 3.06. The molecule has 0 saturated heterocycles. The van der Waals surface area contributed by atoms with Gasteiger partial charge < -0.3 is 14.8 Å². The minimum atomic E-state index is -0.302. The van der Waals surface area contributed by atoms with Crippen LogP contribution in [0.4, 0.5) is 0 Å². The number of nitrogens with one attached hydrogen (secondary N) is 2. The normalized spacial score (nSPS) is 12.5. The number of rotatable bonds is 4. The summed E-state index contributed by atoms with van der Waals surface area (Å²) in [5, 5.41) is 7.65. The number of para-hydroxylation sites is 1. The molecule has 0 aliphatic heterocycles. The molecule has 2 heterocycles. The molecule has 0 aliphatic carbocycles. The topological polar surface area (TPSA) is 83.8 Å². The summed E-state index contributed by atoms with van der Waals surface area (Å²) in [7, 11) is 0. The van der Waals surface area contributed by atoms with Crippen molar-refractivity contribution in [3.05, 3.63) is 47.7 Å². The van der Waals surface area contributed by atoms with Crippen LogP contribution in [0.1, 0.15) is 30.2 Å². The lowest BCUT2D eigenvalue weighted by Crippen LogP contribution is -2.28. The molecule has 108 valence electrons. The molecule has 1 atom stereocenters. The van der Waals surface area contributed by atoms with E-state index in [9.17, 15) is 4.79 Å². The Morgan fingerprint density at radius 3 is 3.00 bits per heavy atom. The second kappa shape index (κ2) is 5.40. The van der Waals surface area contributed by atoms with Gasteiger partial charge in [0.15, 0.2) is 5.82 Å². The van der Waals surface area contributed by atoms with Crippen molar-refractivity contribution in [2.45, 2.75) is 26.3 Å². The van der Waals surface area contributed by atoms with Crippen LogP contribution < -0.4 is 5.32 Å². The Morgan fingerprint density at radius 2 is 2.24 bits per heavy atom. The first-order valence-corrected chi connectivity index (χ1v) is 6.78. The van der Waals surface area contributed by atoms with E-state index in [0.29, 0.717) is 18.1 Å². The van der Waals surface area contributed by atoms with Gasteiger partial charge in [-0.25, -0.2) is 0 Å². The number of aryl methyl sites for hydroxylation is 1. The van der Waals surface area contributed by atoms with Gasteiger partial charge in [0, 0.05) is 17.1 Å².